The van der Waals surface area contributed by atoms with Crippen LogP contribution in [0.3, 0.4) is 0 Å². The van der Waals surface area contributed by atoms with Crippen LogP contribution in [-0.4, -0.2) is 42.0 Å². The van der Waals surface area contributed by atoms with Crippen molar-refractivity contribution in [2.45, 2.75) is 76.2 Å². The van der Waals surface area contributed by atoms with Crippen LogP contribution in [0.5, 0.6) is 0 Å². The molecular formula is C15H30N2O2. The van der Waals surface area contributed by atoms with Crippen molar-refractivity contribution < 1.29 is 9.47 Å². The molecule has 0 amide bonds. The maximum Gasteiger partial charge on any atom is 0.0827 e. The van der Waals surface area contributed by atoms with Gasteiger partial charge in [-0.1, -0.05) is 0 Å². The van der Waals surface area contributed by atoms with Crippen molar-refractivity contribution in [1.29, 1.82) is 0 Å². The van der Waals surface area contributed by atoms with E-state index >= 15 is 0 Å². The molecule has 112 valence electrons. The third-order valence-corrected chi connectivity index (χ3v) is 4.86. The third kappa shape index (κ3) is 2.82. The van der Waals surface area contributed by atoms with E-state index in [1.165, 1.54) is 0 Å². The summed E-state index contributed by atoms with van der Waals surface area (Å²) in [6, 6.07) is 0. The summed E-state index contributed by atoms with van der Waals surface area (Å²) in [5.74, 6) is 0. The first kappa shape index (κ1) is 15.2. The molecule has 0 aromatic rings. The fourth-order valence-electron chi connectivity index (χ4n) is 3.76. The molecule has 2 saturated heterocycles. The molecule has 2 atom stereocenters. The first-order chi connectivity index (χ1) is 8.64. The van der Waals surface area contributed by atoms with E-state index in [4.69, 9.17) is 15.2 Å². The Bertz CT molecular complexity index is 335. The second-order valence-electron chi connectivity index (χ2n) is 7.59. The maximum atomic E-state index is 6.21. The molecule has 4 heteroatoms. The molecule has 0 spiro atoms. The summed E-state index contributed by atoms with van der Waals surface area (Å²) < 4.78 is 12.1. The van der Waals surface area contributed by atoms with E-state index in [1.54, 1.807) is 0 Å². The van der Waals surface area contributed by atoms with Gasteiger partial charge >= 0.3 is 0 Å². The van der Waals surface area contributed by atoms with Crippen LogP contribution in [0.25, 0.3) is 0 Å². The standard InChI is InChI=1S/C15H30N2O2/c1-12(2)9-15(10-16,13(3,4)19-12)17-11-14(5)7-6-8-18-14/h17H,6-11,16H2,1-5H3. The summed E-state index contributed by atoms with van der Waals surface area (Å²) in [5.41, 5.74) is 5.49. The molecule has 2 aliphatic rings. The highest BCUT2D eigenvalue weighted by molar-refractivity contribution is 5.12. The summed E-state index contributed by atoms with van der Waals surface area (Å²) in [7, 11) is 0. The molecule has 4 nitrogen and oxygen atoms in total. The summed E-state index contributed by atoms with van der Waals surface area (Å²) in [6.07, 6.45) is 3.20. The Morgan fingerprint density at radius 2 is 1.84 bits per heavy atom. The number of hydrogen-bond donors (Lipinski definition) is 2. The van der Waals surface area contributed by atoms with Gasteiger partial charge in [0.15, 0.2) is 0 Å². The summed E-state index contributed by atoms with van der Waals surface area (Å²) >= 11 is 0. The number of rotatable bonds is 4. The second-order valence-corrected chi connectivity index (χ2v) is 7.59. The van der Waals surface area contributed by atoms with Gasteiger partial charge in [0.2, 0.25) is 0 Å². The topological polar surface area (TPSA) is 56.5 Å². The van der Waals surface area contributed by atoms with Gasteiger partial charge in [0.25, 0.3) is 0 Å². The normalized spacial score (nSPS) is 40.7. The van der Waals surface area contributed by atoms with E-state index in [0.29, 0.717) is 6.54 Å². The van der Waals surface area contributed by atoms with E-state index < -0.39 is 0 Å². The monoisotopic (exact) mass is 270 g/mol. The lowest BCUT2D eigenvalue weighted by Gasteiger charge is -2.42. The molecule has 0 aromatic carbocycles. The zero-order valence-electron chi connectivity index (χ0n) is 13.1. The lowest BCUT2D eigenvalue weighted by atomic mass is 9.78. The van der Waals surface area contributed by atoms with Gasteiger partial charge in [0.05, 0.1) is 22.3 Å². The molecule has 19 heavy (non-hydrogen) atoms. The molecule has 0 saturated carbocycles. The third-order valence-electron chi connectivity index (χ3n) is 4.86. The van der Waals surface area contributed by atoms with Crippen molar-refractivity contribution in [2.24, 2.45) is 5.73 Å². The quantitative estimate of drug-likeness (QED) is 0.818. The molecular weight excluding hydrogens is 240 g/mol. The molecule has 0 aliphatic carbocycles. The number of ether oxygens (including phenoxy) is 2. The van der Waals surface area contributed by atoms with E-state index in [1.807, 2.05) is 0 Å². The molecule has 0 radical (unpaired) electrons. The van der Waals surface area contributed by atoms with Crippen LogP contribution in [0, 0.1) is 0 Å². The van der Waals surface area contributed by atoms with E-state index in [-0.39, 0.29) is 22.3 Å². The Kier molecular flexibility index (Phi) is 3.76. The fraction of sp³-hybridized carbons (Fsp3) is 1.00. The molecule has 3 N–H and O–H groups in total. The summed E-state index contributed by atoms with van der Waals surface area (Å²) in [4.78, 5) is 0. The lowest BCUT2D eigenvalue weighted by molar-refractivity contribution is -0.0847. The van der Waals surface area contributed by atoms with E-state index in [0.717, 1.165) is 32.4 Å². The highest BCUT2D eigenvalue weighted by Gasteiger charge is 2.56. The van der Waals surface area contributed by atoms with Crippen LogP contribution in [0.4, 0.5) is 0 Å². The van der Waals surface area contributed by atoms with E-state index in [2.05, 4.69) is 39.9 Å². The van der Waals surface area contributed by atoms with Crippen molar-refractivity contribution in [1.82, 2.24) is 5.32 Å². The van der Waals surface area contributed by atoms with Crippen LogP contribution in [-0.2, 0) is 9.47 Å². The summed E-state index contributed by atoms with van der Waals surface area (Å²) in [5, 5.41) is 3.70. The van der Waals surface area contributed by atoms with Gasteiger partial charge in [-0.05, 0) is 53.9 Å². The van der Waals surface area contributed by atoms with Crippen LogP contribution in [0.2, 0.25) is 0 Å². The minimum absolute atomic E-state index is 0.0506. The Morgan fingerprint density at radius 1 is 1.16 bits per heavy atom. The second kappa shape index (κ2) is 4.69. The van der Waals surface area contributed by atoms with Crippen molar-refractivity contribution in [3.63, 3.8) is 0 Å². The van der Waals surface area contributed by atoms with Gasteiger partial charge in [0, 0.05) is 19.7 Å². The number of hydrogen-bond acceptors (Lipinski definition) is 4. The Labute approximate surface area is 117 Å². The van der Waals surface area contributed by atoms with Crippen LogP contribution >= 0.6 is 0 Å². The average Bonchev–Trinajstić information content (AvgIpc) is 2.76. The van der Waals surface area contributed by atoms with Crippen LogP contribution < -0.4 is 11.1 Å². The van der Waals surface area contributed by atoms with Gasteiger partial charge in [0.1, 0.15) is 0 Å². The maximum absolute atomic E-state index is 6.21. The van der Waals surface area contributed by atoms with Crippen molar-refractivity contribution in [3.05, 3.63) is 0 Å². The van der Waals surface area contributed by atoms with Gasteiger partial charge in [-0.2, -0.15) is 0 Å². The summed E-state index contributed by atoms with van der Waals surface area (Å²) in [6.45, 7) is 13.0. The smallest absolute Gasteiger partial charge is 0.0827 e. The molecule has 0 bridgehead atoms. The van der Waals surface area contributed by atoms with E-state index in [9.17, 15) is 0 Å². The van der Waals surface area contributed by atoms with Crippen LogP contribution in [0.1, 0.15) is 53.9 Å². The Morgan fingerprint density at radius 3 is 2.26 bits per heavy atom. The molecule has 2 fully saturated rings. The first-order valence-corrected chi connectivity index (χ1v) is 7.43. The molecule has 0 aromatic heterocycles. The average molecular weight is 270 g/mol. The fourth-order valence-corrected chi connectivity index (χ4v) is 3.76. The number of nitrogens with two attached hydrogens (primary N) is 1. The Hall–Kier alpha value is -0.160. The molecule has 2 heterocycles. The minimum Gasteiger partial charge on any atom is -0.374 e. The molecule has 2 unspecified atom stereocenters. The number of nitrogens with one attached hydrogen (secondary N) is 1. The predicted octanol–water partition coefficient (Wildman–Crippen LogP) is 1.82. The minimum atomic E-state index is -0.264. The predicted molar refractivity (Wildman–Crippen MR) is 77.2 cm³/mol. The van der Waals surface area contributed by atoms with Gasteiger partial charge < -0.3 is 20.5 Å². The lowest BCUT2D eigenvalue weighted by Crippen LogP contribution is -2.64. The van der Waals surface area contributed by atoms with Gasteiger partial charge in [-0.25, -0.2) is 0 Å². The van der Waals surface area contributed by atoms with Gasteiger partial charge in [-0.3, -0.25) is 0 Å². The zero-order chi connectivity index (χ0) is 14.4. The highest BCUT2D eigenvalue weighted by atomic mass is 16.5. The molecule has 2 rings (SSSR count). The largest absolute Gasteiger partial charge is 0.374 e. The van der Waals surface area contributed by atoms with Crippen LogP contribution in [0.15, 0.2) is 0 Å². The zero-order valence-corrected chi connectivity index (χ0v) is 13.1. The van der Waals surface area contributed by atoms with Crippen molar-refractivity contribution in [2.75, 3.05) is 19.7 Å². The highest BCUT2D eigenvalue weighted by Crippen LogP contribution is 2.44. The first-order valence-electron chi connectivity index (χ1n) is 7.43. The van der Waals surface area contributed by atoms with Crippen molar-refractivity contribution in [3.8, 4) is 0 Å². The SMILES string of the molecule is CC1(C)CC(CN)(NCC2(C)CCCO2)C(C)(C)O1. The molecule has 2 aliphatic heterocycles. The Balaban J connectivity index is 2.10. The van der Waals surface area contributed by atoms with Crippen molar-refractivity contribution >= 4 is 0 Å². The van der Waals surface area contributed by atoms with Gasteiger partial charge in [-0.15, -0.1) is 0 Å².